The molecule has 1 saturated heterocycles. The van der Waals surface area contributed by atoms with Crippen molar-refractivity contribution in [2.75, 3.05) is 18.8 Å². The third kappa shape index (κ3) is 8.59. The Morgan fingerprint density at radius 1 is 0.774 bits per heavy atom. The maximum atomic E-state index is 14.8. The van der Waals surface area contributed by atoms with E-state index in [-0.39, 0.29) is 36.6 Å². The second-order valence-electron chi connectivity index (χ2n) is 12.6. The van der Waals surface area contributed by atoms with Gasteiger partial charge in [-0.15, -0.1) is 0 Å². The average Bonchev–Trinajstić information content (AvgIpc) is 3.33. The Balaban J connectivity index is 1.40. The second kappa shape index (κ2) is 16.9. The number of hydrogen-bond donors (Lipinski definition) is 0. The summed E-state index contributed by atoms with van der Waals surface area (Å²) in [6.45, 7) is 1.66. The van der Waals surface area contributed by atoms with E-state index >= 15 is 0 Å². The number of carbonyl (C=O) groups is 2. The average molecular weight is 737 g/mol. The van der Waals surface area contributed by atoms with Gasteiger partial charge in [0.25, 0.3) is 5.91 Å². The van der Waals surface area contributed by atoms with Crippen molar-refractivity contribution in [3.63, 3.8) is 0 Å². The second-order valence-corrected chi connectivity index (χ2v) is 14.7. The van der Waals surface area contributed by atoms with Crippen LogP contribution in [0.1, 0.15) is 42.9 Å². The van der Waals surface area contributed by atoms with Crippen molar-refractivity contribution >= 4 is 21.8 Å². The molecule has 0 aliphatic carbocycles. The third-order valence-electron chi connectivity index (χ3n) is 8.96. The highest BCUT2D eigenvalue weighted by molar-refractivity contribution is 7.91. The fourth-order valence-corrected chi connectivity index (χ4v) is 7.90. The Morgan fingerprint density at radius 2 is 1.30 bits per heavy atom. The Hall–Kier alpha value is -5.52. The SMILES string of the molecule is CCCC(F)OC(=O)N1CCCN(OC(c2ccccc2)(c2ccccc2)c2ccccc2)C(=O)[C@@H]1CS(=O)(=O)c1cccc(Oc2ccccc2)c1. The first-order valence-electron chi connectivity index (χ1n) is 17.6. The molecule has 0 bridgehead atoms. The monoisotopic (exact) mass is 736 g/mol. The van der Waals surface area contributed by atoms with Crippen LogP contribution in [0.4, 0.5) is 9.18 Å². The summed E-state index contributed by atoms with van der Waals surface area (Å²) in [4.78, 5) is 36.2. The van der Waals surface area contributed by atoms with E-state index in [0.717, 1.165) is 9.96 Å². The predicted molar refractivity (Wildman–Crippen MR) is 198 cm³/mol. The van der Waals surface area contributed by atoms with Gasteiger partial charge in [0, 0.05) is 13.0 Å². The zero-order valence-corrected chi connectivity index (χ0v) is 30.1. The highest BCUT2D eigenvalue weighted by Gasteiger charge is 2.46. The molecular formula is C42H41FN2O7S. The highest BCUT2D eigenvalue weighted by Crippen LogP contribution is 2.42. The Labute approximate surface area is 309 Å². The molecular weight excluding hydrogens is 696 g/mol. The fourth-order valence-electron chi connectivity index (χ4n) is 6.39. The lowest BCUT2D eigenvalue weighted by Crippen LogP contribution is -2.53. The van der Waals surface area contributed by atoms with Gasteiger partial charge in [-0.3, -0.25) is 9.69 Å². The number of para-hydroxylation sites is 1. The van der Waals surface area contributed by atoms with E-state index in [1.165, 1.54) is 18.2 Å². The number of rotatable bonds is 13. The van der Waals surface area contributed by atoms with Gasteiger partial charge in [0.1, 0.15) is 17.5 Å². The first kappa shape index (κ1) is 37.2. The van der Waals surface area contributed by atoms with Gasteiger partial charge in [-0.2, -0.15) is 0 Å². The van der Waals surface area contributed by atoms with E-state index in [9.17, 15) is 22.4 Å². The van der Waals surface area contributed by atoms with Gasteiger partial charge < -0.3 is 9.47 Å². The zero-order chi connectivity index (χ0) is 37.3. The molecule has 53 heavy (non-hydrogen) atoms. The Morgan fingerprint density at radius 3 is 1.85 bits per heavy atom. The summed E-state index contributed by atoms with van der Waals surface area (Å²) in [5.41, 5.74) is 0.771. The molecule has 0 aromatic heterocycles. The number of amides is 2. The summed E-state index contributed by atoms with van der Waals surface area (Å²) in [5, 5.41) is 1.15. The van der Waals surface area contributed by atoms with Crippen LogP contribution in [0.25, 0.3) is 0 Å². The van der Waals surface area contributed by atoms with E-state index in [0.29, 0.717) is 28.9 Å². The molecule has 0 spiro atoms. The molecule has 1 fully saturated rings. The molecule has 9 nitrogen and oxygen atoms in total. The number of halogens is 1. The number of carbonyl (C=O) groups excluding carboxylic acids is 2. The molecule has 5 aromatic carbocycles. The smallest absolute Gasteiger partial charge is 0.413 e. The number of hydroxylamine groups is 2. The van der Waals surface area contributed by atoms with Crippen LogP contribution in [0, 0.1) is 0 Å². The first-order chi connectivity index (χ1) is 25.7. The standard InChI is InChI=1S/C42H41FN2O7S/c1-2-17-39(43)51-41(47)44-28-16-29-45(40(46)38(44)31-53(48,49)37-27-15-26-36(30-37)50-35-24-13-6-14-25-35)52-42(32-18-7-3-8-19-32,33-20-9-4-10-21-33)34-22-11-5-12-23-34/h3-15,18-27,30,38-39H,2,16-17,28-29,31H2,1H3/t38-,39?/m0/s1. The van der Waals surface area contributed by atoms with Crippen molar-refractivity contribution < 1.29 is 36.7 Å². The molecule has 0 radical (unpaired) electrons. The lowest BCUT2D eigenvalue weighted by molar-refractivity contribution is -0.223. The molecule has 5 aromatic rings. The molecule has 2 atom stereocenters. The molecule has 1 aliphatic heterocycles. The maximum absolute atomic E-state index is 14.8. The van der Waals surface area contributed by atoms with E-state index in [1.807, 2.05) is 97.1 Å². The molecule has 274 valence electrons. The number of benzene rings is 5. The molecule has 6 rings (SSSR count). The van der Waals surface area contributed by atoms with Crippen LogP contribution in [0.15, 0.2) is 150 Å². The summed E-state index contributed by atoms with van der Waals surface area (Å²) >= 11 is 0. The Bertz CT molecular complexity index is 1970. The van der Waals surface area contributed by atoms with Crippen LogP contribution in [0.5, 0.6) is 11.5 Å². The molecule has 0 N–H and O–H groups in total. The van der Waals surface area contributed by atoms with Crippen molar-refractivity contribution in [2.45, 2.75) is 49.1 Å². The van der Waals surface area contributed by atoms with Crippen LogP contribution < -0.4 is 4.74 Å². The molecule has 1 heterocycles. The van der Waals surface area contributed by atoms with E-state index in [2.05, 4.69) is 0 Å². The van der Waals surface area contributed by atoms with E-state index < -0.39 is 45.6 Å². The predicted octanol–water partition coefficient (Wildman–Crippen LogP) is 8.31. The largest absolute Gasteiger partial charge is 0.457 e. The van der Waals surface area contributed by atoms with Crippen molar-refractivity contribution in [3.8, 4) is 11.5 Å². The van der Waals surface area contributed by atoms with E-state index in [4.69, 9.17) is 14.3 Å². The summed E-state index contributed by atoms with van der Waals surface area (Å²) in [7, 11) is -4.28. The van der Waals surface area contributed by atoms with Gasteiger partial charge >= 0.3 is 6.09 Å². The number of ether oxygens (including phenoxy) is 2. The van der Waals surface area contributed by atoms with Crippen LogP contribution >= 0.6 is 0 Å². The minimum absolute atomic E-state index is 0.00181. The number of sulfone groups is 1. The van der Waals surface area contributed by atoms with Crippen LogP contribution in [0.2, 0.25) is 0 Å². The van der Waals surface area contributed by atoms with Crippen molar-refractivity contribution in [3.05, 3.63) is 162 Å². The molecule has 1 aliphatic rings. The van der Waals surface area contributed by atoms with E-state index in [1.54, 1.807) is 37.3 Å². The lowest BCUT2D eigenvalue weighted by atomic mass is 9.80. The first-order valence-corrected chi connectivity index (χ1v) is 19.2. The molecule has 0 saturated carbocycles. The quantitative estimate of drug-likeness (QED) is 0.112. The minimum atomic E-state index is -4.28. The normalized spacial score (nSPS) is 15.7. The van der Waals surface area contributed by atoms with Crippen molar-refractivity contribution in [1.82, 2.24) is 9.96 Å². The highest BCUT2D eigenvalue weighted by atomic mass is 32.2. The maximum Gasteiger partial charge on any atom is 0.413 e. The topological polar surface area (TPSA) is 102 Å². The van der Waals surface area contributed by atoms with Gasteiger partial charge in [0.2, 0.25) is 6.36 Å². The zero-order valence-electron chi connectivity index (χ0n) is 29.3. The number of nitrogens with zero attached hydrogens (tertiary/aromatic N) is 2. The fraction of sp³-hybridized carbons (Fsp3) is 0.238. The van der Waals surface area contributed by atoms with Crippen LogP contribution in [0.3, 0.4) is 0 Å². The molecule has 11 heteroatoms. The molecule has 1 unspecified atom stereocenters. The summed E-state index contributed by atoms with van der Waals surface area (Å²) in [6, 6.07) is 41.4. The molecule has 2 amide bonds. The summed E-state index contributed by atoms with van der Waals surface area (Å²) < 4.78 is 54.1. The summed E-state index contributed by atoms with van der Waals surface area (Å²) in [5.74, 6) is -0.842. The van der Waals surface area contributed by atoms with Crippen molar-refractivity contribution in [2.24, 2.45) is 0 Å². The van der Waals surface area contributed by atoms with Crippen molar-refractivity contribution in [1.29, 1.82) is 0 Å². The summed E-state index contributed by atoms with van der Waals surface area (Å²) in [6.07, 6.45) is -2.49. The van der Waals surface area contributed by atoms with Gasteiger partial charge in [0.05, 0.1) is 17.2 Å². The van der Waals surface area contributed by atoms with Crippen LogP contribution in [-0.2, 0) is 29.8 Å². The number of alkyl halides is 1. The Kier molecular flexibility index (Phi) is 11.9. The number of hydrogen-bond acceptors (Lipinski definition) is 7. The van der Waals surface area contributed by atoms with Gasteiger partial charge in [0.15, 0.2) is 15.4 Å². The van der Waals surface area contributed by atoms with Gasteiger partial charge in [-0.25, -0.2) is 27.5 Å². The third-order valence-corrected chi connectivity index (χ3v) is 10.7. The van der Waals surface area contributed by atoms with Crippen LogP contribution in [-0.4, -0.2) is 61.6 Å². The lowest BCUT2D eigenvalue weighted by Gasteiger charge is -2.39. The van der Waals surface area contributed by atoms with Gasteiger partial charge in [-0.05, 0) is 59.9 Å². The minimum Gasteiger partial charge on any atom is -0.457 e. The van der Waals surface area contributed by atoms with Gasteiger partial charge in [-0.1, -0.05) is 122 Å².